The minimum Gasteiger partial charge on any atom is -0.395 e. The first-order valence-electron chi connectivity index (χ1n) is 5.81. The third-order valence-electron chi connectivity index (χ3n) is 2.68. The lowest BCUT2D eigenvalue weighted by Crippen LogP contribution is -2.50. The van der Waals surface area contributed by atoms with Crippen LogP contribution < -0.4 is 10.2 Å². The molecule has 2 N–H and O–H groups in total. The highest BCUT2D eigenvalue weighted by atomic mass is 16.5. The first-order valence-corrected chi connectivity index (χ1v) is 5.81. The van der Waals surface area contributed by atoms with Crippen LogP contribution in [0.2, 0.25) is 0 Å². The number of nitrogens with one attached hydrogen (secondary N) is 1. The van der Waals surface area contributed by atoms with E-state index in [1.807, 2.05) is 4.90 Å². The molecule has 0 unspecified atom stereocenters. The van der Waals surface area contributed by atoms with Crippen LogP contribution in [0.3, 0.4) is 0 Å². The standard InChI is InChI=1S/C11H16N4O3/c16-3-1-14-11(17)10-7-15(2-4-18-10)9-5-12-8-13-6-9/h5-6,8,10,16H,1-4,7H2,(H,14,17)/t10-/m1/s1. The fraction of sp³-hybridized carbons (Fsp3) is 0.545. The Labute approximate surface area is 105 Å². The number of anilines is 1. The Hall–Kier alpha value is -1.73. The molecule has 1 atom stereocenters. The van der Waals surface area contributed by atoms with Gasteiger partial charge in [0.15, 0.2) is 6.10 Å². The van der Waals surface area contributed by atoms with Crippen molar-refractivity contribution in [3.05, 3.63) is 18.7 Å². The first kappa shape index (κ1) is 12.7. The third-order valence-corrected chi connectivity index (χ3v) is 2.68. The molecule has 1 amide bonds. The van der Waals surface area contributed by atoms with Gasteiger partial charge in [-0.25, -0.2) is 9.97 Å². The maximum atomic E-state index is 11.7. The molecular formula is C11H16N4O3. The second-order valence-electron chi connectivity index (χ2n) is 3.92. The molecular weight excluding hydrogens is 236 g/mol. The first-order chi connectivity index (χ1) is 8.81. The van der Waals surface area contributed by atoms with Crippen LogP contribution in [0.1, 0.15) is 0 Å². The third kappa shape index (κ3) is 3.14. The van der Waals surface area contributed by atoms with Crippen LogP contribution in [0.25, 0.3) is 0 Å². The topological polar surface area (TPSA) is 87.6 Å². The molecule has 2 heterocycles. The zero-order valence-electron chi connectivity index (χ0n) is 9.95. The molecule has 18 heavy (non-hydrogen) atoms. The second-order valence-corrected chi connectivity index (χ2v) is 3.92. The summed E-state index contributed by atoms with van der Waals surface area (Å²) in [7, 11) is 0. The summed E-state index contributed by atoms with van der Waals surface area (Å²) in [4.78, 5) is 21.6. The van der Waals surface area contributed by atoms with Gasteiger partial charge >= 0.3 is 0 Å². The quantitative estimate of drug-likeness (QED) is 0.699. The number of amides is 1. The van der Waals surface area contributed by atoms with Crippen LogP contribution in [-0.2, 0) is 9.53 Å². The fourth-order valence-corrected chi connectivity index (χ4v) is 1.79. The van der Waals surface area contributed by atoms with Crippen molar-refractivity contribution in [3.63, 3.8) is 0 Å². The Kier molecular flexibility index (Phi) is 4.43. The summed E-state index contributed by atoms with van der Waals surface area (Å²) in [5.74, 6) is -0.203. The minimum absolute atomic E-state index is 0.0747. The molecule has 98 valence electrons. The summed E-state index contributed by atoms with van der Waals surface area (Å²) in [6.07, 6.45) is 4.36. The Balaban J connectivity index is 1.94. The monoisotopic (exact) mass is 252 g/mol. The van der Waals surface area contributed by atoms with Gasteiger partial charge in [0.1, 0.15) is 6.33 Å². The van der Waals surface area contributed by atoms with E-state index in [0.29, 0.717) is 19.7 Å². The Morgan fingerprint density at radius 3 is 3.06 bits per heavy atom. The van der Waals surface area contributed by atoms with Gasteiger partial charge in [0, 0.05) is 13.1 Å². The number of aliphatic hydroxyl groups is 1. The minimum atomic E-state index is -0.523. The van der Waals surface area contributed by atoms with E-state index in [-0.39, 0.29) is 19.1 Å². The average molecular weight is 252 g/mol. The zero-order valence-corrected chi connectivity index (χ0v) is 9.95. The summed E-state index contributed by atoms with van der Waals surface area (Å²) in [6.45, 7) is 1.82. The average Bonchev–Trinajstić information content (AvgIpc) is 2.46. The molecule has 0 radical (unpaired) electrons. The van der Waals surface area contributed by atoms with E-state index in [1.54, 1.807) is 12.4 Å². The van der Waals surface area contributed by atoms with Gasteiger partial charge in [0.05, 0.1) is 37.8 Å². The van der Waals surface area contributed by atoms with Gasteiger partial charge in [-0.3, -0.25) is 4.79 Å². The number of carbonyl (C=O) groups excluding carboxylic acids is 1. The Morgan fingerprint density at radius 2 is 2.33 bits per heavy atom. The summed E-state index contributed by atoms with van der Waals surface area (Å²) < 4.78 is 5.41. The molecule has 1 aliphatic heterocycles. The molecule has 0 bridgehead atoms. The molecule has 1 aliphatic rings. The van der Waals surface area contributed by atoms with Crippen LogP contribution in [0.15, 0.2) is 18.7 Å². The molecule has 1 saturated heterocycles. The number of aliphatic hydroxyl groups excluding tert-OH is 1. The van der Waals surface area contributed by atoms with Crippen molar-refractivity contribution in [2.75, 3.05) is 37.7 Å². The number of morpholine rings is 1. The van der Waals surface area contributed by atoms with Gasteiger partial charge < -0.3 is 20.1 Å². The van der Waals surface area contributed by atoms with E-state index in [9.17, 15) is 4.79 Å². The van der Waals surface area contributed by atoms with Crippen LogP contribution in [0.5, 0.6) is 0 Å². The molecule has 1 aromatic heterocycles. The van der Waals surface area contributed by atoms with E-state index in [2.05, 4.69) is 15.3 Å². The van der Waals surface area contributed by atoms with E-state index >= 15 is 0 Å². The maximum Gasteiger partial charge on any atom is 0.251 e. The number of carbonyl (C=O) groups is 1. The van der Waals surface area contributed by atoms with Crippen molar-refractivity contribution < 1.29 is 14.6 Å². The molecule has 0 aliphatic carbocycles. The van der Waals surface area contributed by atoms with Crippen molar-refractivity contribution in [1.29, 1.82) is 0 Å². The fourth-order valence-electron chi connectivity index (χ4n) is 1.79. The van der Waals surface area contributed by atoms with Gasteiger partial charge in [0.25, 0.3) is 5.91 Å². The number of nitrogens with zero attached hydrogens (tertiary/aromatic N) is 3. The molecule has 7 nitrogen and oxygen atoms in total. The van der Waals surface area contributed by atoms with Crippen molar-refractivity contribution in [2.24, 2.45) is 0 Å². The largest absolute Gasteiger partial charge is 0.395 e. The Morgan fingerprint density at radius 1 is 1.56 bits per heavy atom. The summed E-state index contributed by atoms with van der Waals surface area (Å²) in [6, 6.07) is 0. The lowest BCUT2D eigenvalue weighted by Gasteiger charge is -2.33. The number of rotatable bonds is 4. The van der Waals surface area contributed by atoms with Gasteiger partial charge in [-0.2, -0.15) is 0 Å². The normalized spacial score (nSPS) is 19.6. The van der Waals surface area contributed by atoms with E-state index < -0.39 is 6.10 Å². The maximum absolute atomic E-state index is 11.7. The molecule has 0 spiro atoms. The number of ether oxygens (including phenoxy) is 1. The summed E-state index contributed by atoms with van der Waals surface area (Å²) in [5.41, 5.74) is 0.876. The number of hydrogen-bond donors (Lipinski definition) is 2. The zero-order chi connectivity index (χ0) is 12.8. The van der Waals surface area contributed by atoms with E-state index in [4.69, 9.17) is 9.84 Å². The highest BCUT2D eigenvalue weighted by molar-refractivity contribution is 5.81. The second kappa shape index (κ2) is 6.27. The summed E-state index contributed by atoms with van der Waals surface area (Å²) in [5, 5.41) is 11.3. The molecule has 0 aromatic carbocycles. The number of hydrogen-bond acceptors (Lipinski definition) is 6. The van der Waals surface area contributed by atoms with Gasteiger partial charge in [-0.05, 0) is 0 Å². The Bertz CT molecular complexity index is 387. The van der Waals surface area contributed by atoms with Crippen molar-refractivity contribution in [1.82, 2.24) is 15.3 Å². The smallest absolute Gasteiger partial charge is 0.251 e. The lowest BCUT2D eigenvalue weighted by atomic mass is 10.2. The van der Waals surface area contributed by atoms with Crippen LogP contribution >= 0.6 is 0 Å². The van der Waals surface area contributed by atoms with Crippen LogP contribution in [0, 0.1) is 0 Å². The van der Waals surface area contributed by atoms with Crippen molar-refractivity contribution in [3.8, 4) is 0 Å². The molecule has 1 fully saturated rings. The van der Waals surface area contributed by atoms with Gasteiger partial charge in [-0.1, -0.05) is 0 Å². The van der Waals surface area contributed by atoms with Gasteiger partial charge in [0.2, 0.25) is 0 Å². The molecule has 0 saturated carbocycles. The number of aromatic nitrogens is 2. The summed E-state index contributed by atoms with van der Waals surface area (Å²) >= 11 is 0. The van der Waals surface area contributed by atoms with Crippen molar-refractivity contribution >= 4 is 11.6 Å². The van der Waals surface area contributed by atoms with Crippen LogP contribution in [-0.4, -0.2) is 59.9 Å². The predicted octanol–water partition coefficient (Wildman–Crippen LogP) is -1.21. The molecule has 7 heteroatoms. The van der Waals surface area contributed by atoms with Crippen LogP contribution in [0.4, 0.5) is 5.69 Å². The predicted molar refractivity (Wildman–Crippen MR) is 64.1 cm³/mol. The van der Waals surface area contributed by atoms with Gasteiger partial charge in [-0.15, -0.1) is 0 Å². The molecule has 2 rings (SSSR count). The highest BCUT2D eigenvalue weighted by Crippen LogP contribution is 2.15. The van der Waals surface area contributed by atoms with Crippen molar-refractivity contribution in [2.45, 2.75) is 6.10 Å². The van der Waals surface area contributed by atoms with E-state index in [1.165, 1.54) is 6.33 Å². The molecule has 1 aromatic rings. The highest BCUT2D eigenvalue weighted by Gasteiger charge is 2.26. The van der Waals surface area contributed by atoms with E-state index in [0.717, 1.165) is 5.69 Å². The lowest BCUT2D eigenvalue weighted by molar-refractivity contribution is -0.133. The SMILES string of the molecule is O=C(NCCO)[C@H]1CN(c2cncnc2)CCO1.